The minimum Gasteiger partial charge on any atom is -0.341 e. The van der Waals surface area contributed by atoms with Gasteiger partial charge < -0.3 is 9.80 Å². The molecule has 0 spiro atoms. The molecule has 3 rings (SSSR count). The van der Waals surface area contributed by atoms with Gasteiger partial charge in [0.15, 0.2) is 9.84 Å². The molecule has 0 radical (unpaired) electrons. The summed E-state index contributed by atoms with van der Waals surface area (Å²) in [6.07, 6.45) is 2.29. The van der Waals surface area contributed by atoms with Crippen LogP contribution in [0.25, 0.3) is 0 Å². The molecule has 0 aliphatic carbocycles. The Kier molecular flexibility index (Phi) is 4.73. The van der Waals surface area contributed by atoms with Crippen LogP contribution in [-0.2, 0) is 14.6 Å². The van der Waals surface area contributed by atoms with Crippen LogP contribution in [-0.4, -0.2) is 62.6 Å². The molecule has 1 amide bonds. The molecule has 6 heteroatoms. The highest BCUT2D eigenvalue weighted by atomic mass is 32.2. The molecule has 1 aromatic carbocycles. The number of sulfone groups is 1. The van der Waals surface area contributed by atoms with Crippen molar-refractivity contribution in [1.82, 2.24) is 9.80 Å². The third-order valence-corrected chi connectivity index (χ3v) is 7.23. The van der Waals surface area contributed by atoms with Crippen LogP contribution >= 0.6 is 0 Å². The van der Waals surface area contributed by atoms with Crippen molar-refractivity contribution >= 4 is 15.7 Å². The average Bonchev–Trinajstić information content (AvgIpc) is 3.06. The Morgan fingerprint density at radius 2 is 1.70 bits per heavy atom. The number of hydrogen-bond acceptors (Lipinski definition) is 4. The van der Waals surface area contributed by atoms with Crippen molar-refractivity contribution in [2.75, 3.05) is 33.2 Å². The first-order chi connectivity index (χ1) is 11.0. The molecule has 0 aromatic heterocycles. The minimum absolute atomic E-state index is 0.0596. The van der Waals surface area contributed by atoms with Crippen LogP contribution in [0.5, 0.6) is 0 Å². The molecule has 0 bridgehead atoms. The molecule has 126 valence electrons. The molecule has 23 heavy (non-hydrogen) atoms. The van der Waals surface area contributed by atoms with E-state index < -0.39 is 15.1 Å². The van der Waals surface area contributed by atoms with E-state index in [0.717, 1.165) is 25.9 Å². The Morgan fingerprint density at radius 1 is 1.04 bits per heavy atom. The van der Waals surface area contributed by atoms with Gasteiger partial charge in [-0.05, 0) is 51.5 Å². The summed E-state index contributed by atoms with van der Waals surface area (Å²) in [6.45, 7) is 2.77. The van der Waals surface area contributed by atoms with Crippen LogP contribution in [0, 0.1) is 5.92 Å². The lowest BCUT2D eigenvalue weighted by molar-refractivity contribution is -0.135. The number of carbonyl (C=O) groups excluding carboxylic acids is 1. The van der Waals surface area contributed by atoms with E-state index in [2.05, 4.69) is 11.9 Å². The van der Waals surface area contributed by atoms with Gasteiger partial charge in [-0.3, -0.25) is 4.79 Å². The lowest BCUT2D eigenvalue weighted by Crippen LogP contribution is -2.41. The van der Waals surface area contributed by atoms with Crippen molar-refractivity contribution in [2.24, 2.45) is 5.92 Å². The molecule has 5 nitrogen and oxygen atoms in total. The van der Waals surface area contributed by atoms with Gasteiger partial charge in [-0.2, -0.15) is 0 Å². The van der Waals surface area contributed by atoms with Gasteiger partial charge in [-0.1, -0.05) is 18.2 Å². The lowest BCUT2D eigenvalue weighted by atomic mass is 9.96. The van der Waals surface area contributed by atoms with Gasteiger partial charge in [0.1, 0.15) is 0 Å². The number of rotatable bonds is 3. The van der Waals surface area contributed by atoms with Gasteiger partial charge in [0.05, 0.1) is 10.1 Å². The average molecular weight is 336 g/mol. The molecule has 0 saturated carbocycles. The summed E-state index contributed by atoms with van der Waals surface area (Å²) in [4.78, 5) is 17.0. The standard InChI is InChI=1S/C17H24N2O3S/c1-18-10-7-14(8-11-18)17(20)19-12-9-16(13-19)23(21,22)15-5-3-2-4-6-15/h2-6,14,16H,7-13H2,1H3. The molecular weight excluding hydrogens is 312 g/mol. The zero-order valence-electron chi connectivity index (χ0n) is 13.5. The summed E-state index contributed by atoms with van der Waals surface area (Å²) in [6, 6.07) is 8.56. The number of benzene rings is 1. The highest BCUT2D eigenvalue weighted by Crippen LogP contribution is 2.27. The summed E-state index contributed by atoms with van der Waals surface area (Å²) in [5.41, 5.74) is 0. The van der Waals surface area contributed by atoms with Crippen LogP contribution in [0.2, 0.25) is 0 Å². The summed E-state index contributed by atoms with van der Waals surface area (Å²) < 4.78 is 25.4. The number of likely N-dealkylation sites (tertiary alicyclic amines) is 2. The van der Waals surface area contributed by atoms with Crippen LogP contribution < -0.4 is 0 Å². The zero-order valence-corrected chi connectivity index (χ0v) is 14.3. The van der Waals surface area contributed by atoms with E-state index in [-0.39, 0.29) is 11.8 Å². The SMILES string of the molecule is CN1CCC(C(=O)N2CCC(S(=O)(=O)c3ccccc3)C2)CC1. The Labute approximate surface area is 138 Å². The predicted octanol–water partition coefficient (Wildman–Crippen LogP) is 1.40. The van der Waals surface area contributed by atoms with Gasteiger partial charge in [-0.15, -0.1) is 0 Å². The van der Waals surface area contributed by atoms with E-state index in [1.807, 2.05) is 6.07 Å². The molecule has 2 heterocycles. The third kappa shape index (κ3) is 3.43. The van der Waals surface area contributed by atoms with E-state index >= 15 is 0 Å². The van der Waals surface area contributed by atoms with Crippen LogP contribution in [0.3, 0.4) is 0 Å². The number of amides is 1. The maximum atomic E-state index is 12.7. The number of carbonyl (C=O) groups is 1. The molecule has 2 aliphatic rings. The quantitative estimate of drug-likeness (QED) is 0.837. The van der Waals surface area contributed by atoms with Crippen LogP contribution in [0.1, 0.15) is 19.3 Å². The van der Waals surface area contributed by atoms with Crippen LogP contribution in [0.15, 0.2) is 35.2 Å². The monoisotopic (exact) mass is 336 g/mol. The number of nitrogens with zero attached hydrogens (tertiary/aromatic N) is 2. The second-order valence-corrected chi connectivity index (χ2v) is 8.86. The van der Waals surface area contributed by atoms with E-state index in [4.69, 9.17) is 0 Å². The lowest BCUT2D eigenvalue weighted by Gasteiger charge is -2.30. The van der Waals surface area contributed by atoms with E-state index in [0.29, 0.717) is 24.4 Å². The maximum absolute atomic E-state index is 12.7. The fraction of sp³-hybridized carbons (Fsp3) is 0.588. The van der Waals surface area contributed by atoms with Crippen molar-refractivity contribution in [2.45, 2.75) is 29.4 Å². The molecule has 2 saturated heterocycles. The van der Waals surface area contributed by atoms with Crippen molar-refractivity contribution < 1.29 is 13.2 Å². The third-order valence-electron chi connectivity index (χ3n) is 5.04. The summed E-state index contributed by atoms with van der Waals surface area (Å²) in [5.74, 6) is 0.202. The van der Waals surface area contributed by atoms with Crippen molar-refractivity contribution in [3.63, 3.8) is 0 Å². The number of piperidine rings is 1. The summed E-state index contributed by atoms with van der Waals surface area (Å²) in [5, 5.41) is -0.472. The van der Waals surface area contributed by atoms with Gasteiger partial charge in [0.25, 0.3) is 0 Å². The molecule has 0 N–H and O–H groups in total. The summed E-state index contributed by atoms with van der Waals surface area (Å²) in [7, 11) is -1.28. The van der Waals surface area contributed by atoms with Crippen molar-refractivity contribution in [1.29, 1.82) is 0 Å². The fourth-order valence-corrected chi connectivity index (χ4v) is 5.21. The smallest absolute Gasteiger partial charge is 0.225 e. The van der Waals surface area contributed by atoms with Gasteiger partial charge in [-0.25, -0.2) is 8.42 Å². The highest BCUT2D eigenvalue weighted by molar-refractivity contribution is 7.92. The number of hydrogen-bond donors (Lipinski definition) is 0. The molecular formula is C17H24N2O3S. The van der Waals surface area contributed by atoms with Gasteiger partial charge >= 0.3 is 0 Å². The Balaban J connectivity index is 1.65. The normalized spacial score (nSPS) is 24.0. The van der Waals surface area contributed by atoms with Gasteiger partial charge in [0, 0.05) is 19.0 Å². The predicted molar refractivity (Wildman–Crippen MR) is 88.8 cm³/mol. The van der Waals surface area contributed by atoms with E-state index in [1.165, 1.54) is 0 Å². The molecule has 1 aromatic rings. The molecule has 2 fully saturated rings. The largest absolute Gasteiger partial charge is 0.341 e. The van der Waals surface area contributed by atoms with E-state index in [9.17, 15) is 13.2 Å². The molecule has 1 atom stereocenters. The first kappa shape index (κ1) is 16.5. The Bertz CT molecular complexity index is 652. The minimum atomic E-state index is -3.35. The first-order valence-electron chi connectivity index (χ1n) is 8.25. The molecule has 2 aliphatic heterocycles. The van der Waals surface area contributed by atoms with Gasteiger partial charge in [0.2, 0.25) is 5.91 Å². The maximum Gasteiger partial charge on any atom is 0.225 e. The second kappa shape index (κ2) is 6.61. The fourth-order valence-electron chi connectivity index (χ4n) is 3.50. The topological polar surface area (TPSA) is 57.7 Å². The summed E-state index contributed by atoms with van der Waals surface area (Å²) >= 11 is 0. The second-order valence-electron chi connectivity index (χ2n) is 6.63. The van der Waals surface area contributed by atoms with Crippen molar-refractivity contribution in [3.8, 4) is 0 Å². The zero-order chi connectivity index (χ0) is 16.4. The van der Waals surface area contributed by atoms with E-state index in [1.54, 1.807) is 29.2 Å². The van der Waals surface area contributed by atoms with Crippen molar-refractivity contribution in [3.05, 3.63) is 30.3 Å². The van der Waals surface area contributed by atoms with Crippen LogP contribution in [0.4, 0.5) is 0 Å². The Morgan fingerprint density at radius 3 is 2.35 bits per heavy atom. The Hall–Kier alpha value is -1.40. The molecule has 1 unspecified atom stereocenters. The first-order valence-corrected chi connectivity index (χ1v) is 9.79. The highest BCUT2D eigenvalue weighted by Gasteiger charge is 2.38.